The molecule has 70 valence electrons. The molecular formula is C9H16O2S. The second-order valence-corrected chi connectivity index (χ2v) is 4.70. The first-order chi connectivity index (χ1) is 5.70. The second kappa shape index (κ2) is 4.75. The highest BCUT2D eigenvalue weighted by molar-refractivity contribution is 7.99. The highest BCUT2D eigenvalue weighted by atomic mass is 32.2. The van der Waals surface area contributed by atoms with Crippen LogP contribution in [-0.4, -0.2) is 22.6 Å². The predicted molar refractivity (Wildman–Crippen MR) is 51.5 cm³/mol. The van der Waals surface area contributed by atoms with E-state index in [9.17, 15) is 4.79 Å². The van der Waals surface area contributed by atoms with Crippen molar-refractivity contribution >= 4 is 17.7 Å². The quantitative estimate of drug-likeness (QED) is 0.649. The van der Waals surface area contributed by atoms with Crippen LogP contribution in [0.5, 0.6) is 0 Å². The monoisotopic (exact) mass is 188 g/mol. The molecule has 0 saturated heterocycles. The van der Waals surface area contributed by atoms with Crippen molar-refractivity contribution in [2.24, 2.45) is 11.8 Å². The normalized spacial score (nSPS) is 19.1. The van der Waals surface area contributed by atoms with Gasteiger partial charge in [-0.05, 0) is 18.1 Å². The molecule has 0 aliphatic heterocycles. The molecule has 0 bridgehead atoms. The highest BCUT2D eigenvalue weighted by Gasteiger charge is 2.20. The topological polar surface area (TPSA) is 37.3 Å². The first-order valence-corrected chi connectivity index (χ1v) is 5.66. The van der Waals surface area contributed by atoms with Crippen molar-refractivity contribution < 1.29 is 9.90 Å². The van der Waals surface area contributed by atoms with E-state index in [-0.39, 0.29) is 5.92 Å². The maximum Gasteiger partial charge on any atom is 0.307 e. The summed E-state index contributed by atoms with van der Waals surface area (Å²) in [6, 6.07) is 0. The lowest BCUT2D eigenvalue weighted by Gasteiger charge is -2.04. The van der Waals surface area contributed by atoms with E-state index < -0.39 is 5.97 Å². The molecule has 0 aromatic heterocycles. The van der Waals surface area contributed by atoms with Gasteiger partial charge in [-0.2, -0.15) is 11.8 Å². The fourth-order valence-corrected chi connectivity index (χ4v) is 2.15. The summed E-state index contributed by atoms with van der Waals surface area (Å²) < 4.78 is 0. The molecule has 2 nitrogen and oxygen atoms in total. The van der Waals surface area contributed by atoms with Gasteiger partial charge in [-0.3, -0.25) is 4.79 Å². The van der Waals surface area contributed by atoms with Crippen molar-refractivity contribution in [3.63, 3.8) is 0 Å². The van der Waals surface area contributed by atoms with Gasteiger partial charge in [0.05, 0.1) is 5.92 Å². The van der Waals surface area contributed by atoms with Gasteiger partial charge in [-0.1, -0.05) is 19.8 Å². The minimum atomic E-state index is -0.672. The van der Waals surface area contributed by atoms with E-state index >= 15 is 0 Å². The summed E-state index contributed by atoms with van der Waals surface area (Å²) >= 11 is 1.78. The van der Waals surface area contributed by atoms with Crippen LogP contribution in [0.1, 0.15) is 26.2 Å². The molecule has 1 aliphatic carbocycles. The largest absolute Gasteiger partial charge is 0.481 e. The number of rotatable bonds is 6. The zero-order valence-corrected chi connectivity index (χ0v) is 8.27. The Morgan fingerprint density at radius 1 is 1.67 bits per heavy atom. The van der Waals surface area contributed by atoms with Gasteiger partial charge in [0.1, 0.15) is 0 Å². The molecular weight excluding hydrogens is 172 g/mol. The Labute approximate surface area is 77.7 Å². The molecule has 0 spiro atoms. The molecule has 1 saturated carbocycles. The predicted octanol–water partition coefficient (Wildman–Crippen LogP) is 2.24. The van der Waals surface area contributed by atoms with E-state index in [1.807, 2.05) is 0 Å². The van der Waals surface area contributed by atoms with Crippen LogP contribution in [0.4, 0.5) is 0 Å². The lowest BCUT2D eigenvalue weighted by Crippen LogP contribution is -2.12. The Balaban J connectivity index is 1.89. The molecule has 1 aliphatic rings. The number of hydrogen-bond acceptors (Lipinski definition) is 2. The lowest BCUT2D eigenvalue weighted by molar-refractivity contribution is -0.140. The number of aliphatic carboxylic acids is 1. The average Bonchev–Trinajstić information content (AvgIpc) is 2.80. The van der Waals surface area contributed by atoms with E-state index in [0.717, 1.165) is 17.4 Å². The number of carboxylic acid groups (broad SMARTS) is 1. The summed E-state index contributed by atoms with van der Waals surface area (Å²) in [5.41, 5.74) is 0. The average molecular weight is 188 g/mol. The molecule has 1 unspecified atom stereocenters. The van der Waals surface area contributed by atoms with Crippen LogP contribution in [0.15, 0.2) is 0 Å². The van der Waals surface area contributed by atoms with E-state index in [4.69, 9.17) is 5.11 Å². The third-order valence-electron chi connectivity index (χ3n) is 2.16. The molecule has 0 amide bonds. The Morgan fingerprint density at radius 2 is 2.33 bits per heavy atom. The number of carboxylic acids is 1. The van der Waals surface area contributed by atoms with Gasteiger partial charge >= 0.3 is 5.97 Å². The summed E-state index contributed by atoms with van der Waals surface area (Å²) in [5, 5.41) is 8.59. The number of carbonyl (C=O) groups is 1. The fourth-order valence-electron chi connectivity index (χ4n) is 0.988. The first-order valence-electron chi connectivity index (χ1n) is 4.50. The van der Waals surface area contributed by atoms with E-state index in [2.05, 4.69) is 0 Å². The number of hydrogen-bond donors (Lipinski definition) is 1. The van der Waals surface area contributed by atoms with Crippen molar-refractivity contribution in [3.05, 3.63) is 0 Å². The van der Waals surface area contributed by atoms with Crippen LogP contribution in [0.2, 0.25) is 0 Å². The third-order valence-corrected chi connectivity index (χ3v) is 3.42. The standard InChI is InChI=1S/C9H16O2S/c1-7(9(10)11)6-12-5-4-8-2-3-8/h7-8H,2-6H2,1H3,(H,10,11). The van der Waals surface area contributed by atoms with Crippen LogP contribution in [-0.2, 0) is 4.79 Å². The zero-order chi connectivity index (χ0) is 8.97. The maximum atomic E-state index is 10.4. The van der Waals surface area contributed by atoms with Gasteiger partial charge < -0.3 is 5.11 Å². The maximum absolute atomic E-state index is 10.4. The second-order valence-electron chi connectivity index (χ2n) is 3.55. The Kier molecular flexibility index (Phi) is 3.92. The Morgan fingerprint density at radius 3 is 2.83 bits per heavy atom. The van der Waals surface area contributed by atoms with Gasteiger partial charge in [-0.25, -0.2) is 0 Å². The van der Waals surface area contributed by atoms with Gasteiger partial charge in [0.2, 0.25) is 0 Å². The third kappa shape index (κ3) is 4.00. The van der Waals surface area contributed by atoms with Crippen LogP contribution < -0.4 is 0 Å². The van der Waals surface area contributed by atoms with E-state index in [0.29, 0.717) is 0 Å². The van der Waals surface area contributed by atoms with Gasteiger partial charge in [0.15, 0.2) is 0 Å². The van der Waals surface area contributed by atoms with Crippen molar-refractivity contribution in [3.8, 4) is 0 Å². The summed E-state index contributed by atoms with van der Waals surface area (Å²) in [5.74, 6) is 2.02. The van der Waals surface area contributed by atoms with Crippen molar-refractivity contribution in [1.82, 2.24) is 0 Å². The fraction of sp³-hybridized carbons (Fsp3) is 0.889. The molecule has 1 rings (SSSR count). The summed E-state index contributed by atoms with van der Waals surface area (Å²) in [4.78, 5) is 10.4. The first kappa shape index (κ1) is 9.90. The van der Waals surface area contributed by atoms with Crippen LogP contribution in [0.3, 0.4) is 0 Å². The summed E-state index contributed by atoms with van der Waals surface area (Å²) in [6.45, 7) is 1.77. The van der Waals surface area contributed by atoms with Crippen molar-refractivity contribution in [2.75, 3.05) is 11.5 Å². The lowest BCUT2D eigenvalue weighted by atomic mass is 10.2. The van der Waals surface area contributed by atoms with Crippen molar-refractivity contribution in [2.45, 2.75) is 26.2 Å². The molecule has 1 atom stereocenters. The molecule has 1 fully saturated rings. The molecule has 12 heavy (non-hydrogen) atoms. The molecule has 1 N–H and O–H groups in total. The smallest absolute Gasteiger partial charge is 0.307 e. The van der Waals surface area contributed by atoms with E-state index in [1.54, 1.807) is 18.7 Å². The molecule has 0 aromatic rings. The summed E-state index contributed by atoms with van der Waals surface area (Å²) in [7, 11) is 0. The molecule has 0 heterocycles. The number of thioether (sulfide) groups is 1. The highest BCUT2D eigenvalue weighted by Crippen LogP contribution is 2.33. The van der Waals surface area contributed by atoms with E-state index in [1.165, 1.54) is 19.3 Å². The molecule has 0 aromatic carbocycles. The minimum absolute atomic E-state index is 0.186. The van der Waals surface area contributed by atoms with Crippen LogP contribution in [0.25, 0.3) is 0 Å². The Hall–Kier alpha value is -0.180. The van der Waals surface area contributed by atoms with Crippen LogP contribution >= 0.6 is 11.8 Å². The molecule has 3 heteroatoms. The van der Waals surface area contributed by atoms with Gasteiger partial charge in [0, 0.05) is 5.75 Å². The summed E-state index contributed by atoms with van der Waals surface area (Å²) in [6.07, 6.45) is 4.08. The SMILES string of the molecule is CC(CSCCC1CC1)C(=O)O. The van der Waals surface area contributed by atoms with Crippen LogP contribution in [0, 0.1) is 11.8 Å². The van der Waals surface area contributed by atoms with Gasteiger partial charge in [0.25, 0.3) is 0 Å². The zero-order valence-electron chi connectivity index (χ0n) is 7.45. The Bertz CT molecular complexity index is 155. The molecule has 0 radical (unpaired) electrons. The minimum Gasteiger partial charge on any atom is -0.481 e. The van der Waals surface area contributed by atoms with Gasteiger partial charge in [-0.15, -0.1) is 0 Å². The van der Waals surface area contributed by atoms with Crippen molar-refractivity contribution in [1.29, 1.82) is 0 Å².